The number of alkyl halides is 3. The molecule has 0 aliphatic carbocycles. The summed E-state index contributed by atoms with van der Waals surface area (Å²) >= 11 is 6.04. The minimum Gasteiger partial charge on any atom is -0.474 e. The van der Waals surface area contributed by atoms with Crippen LogP contribution in [0.1, 0.15) is 36.5 Å². The molecule has 2 aromatic heterocycles. The van der Waals surface area contributed by atoms with Gasteiger partial charge in [-0.25, -0.2) is 0 Å². The third-order valence-corrected chi connectivity index (χ3v) is 4.54. The van der Waals surface area contributed by atoms with E-state index >= 15 is 0 Å². The first-order chi connectivity index (χ1) is 13.1. The van der Waals surface area contributed by atoms with E-state index in [0.29, 0.717) is 5.02 Å². The van der Waals surface area contributed by atoms with Crippen LogP contribution in [0.3, 0.4) is 0 Å². The molecular weight excluding hydrogens is 393 g/mol. The smallest absolute Gasteiger partial charge is 0.417 e. The van der Waals surface area contributed by atoms with Crippen LogP contribution in [0, 0.1) is 0 Å². The highest BCUT2D eigenvalue weighted by atomic mass is 35.5. The van der Waals surface area contributed by atoms with E-state index in [1.54, 1.807) is 6.07 Å². The van der Waals surface area contributed by atoms with Gasteiger partial charge in [0.25, 0.3) is 0 Å². The number of H-pyrrole nitrogens is 2. The molecule has 0 spiro atoms. The maximum atomic E-state index is 12.7. The monoisotopic (exact) mass is 410 g/mol. The van der Waals surface area contributed by atoms with Crippen molar-refractivity contribution >= 4 is 11.6 Å². The molecule has 0 saturated carbocycles. The van der Waals surface area contributed by atoms with Crippen molar-refractivity contribution in [1.82, 2.24) is 9.97 Å². The molecule has 0 amide bonds. The SMILES string of the molecule is CC(C)c1cc(Cl)ccc1COc1cc(=O)c(-c2cc(C(F)(F)F)c[nH]2)c[nH]1. The van der Waals surface area contributed by atoms with E-state index in [2.05, 4.69) is 9.97 Å². The molecule has 0 radical (unpaired) electrons. The van der Waals surface area contributed by atoms with E-state index in [4.69, 9.17) is 16.3 Å². The van der Waals surface area contributed by atoms with Crippen LogP contribution in [0.15, 0.2) is 47.5 Å². The summed E-state index contributed by atoms with van der Waals surface area (Å²) in [6.45, 7) is 4.30. The minimum absolute atomic E-state index is 0.0833. The molecule has 28 heavy (non-hydrogen) atoms. The van der Waals surface area contributed by atoms with Crippen molar-refractivity contribution in [3.05, 3.63) is 74.7 Å². The lowest BCUT2D eigenvalue weighted by Gasteiger charge is -2.14. The van der Waals surface area contributed by atoms with Gasteiger partial charge in [0.1, 0.15) is 6.61 Å². The third-order valence-electron chi connectivity index (χ3n) is 4.30. The number of halogens is 4. The standard InChI is InChI=1S/C20H18ClF3N2O2/c1-11(2)15-6-14(21)4-3-12(15)10-28-19-7-18(27)16(9-26-19)17-5-13(8-25-17)20(22,23)24/h3-9,11,25H,10H2,1-2H3,(H,26,27). The van der Waals surface area contributed by atoms with Gasteiger partial charge in [-0.05, 0) is 35.2 Å². The van der Waals surface area contributed by atoms with Gasteiger partial charge in [0.15, 0.2) is 11.3 Å². The lowest BCUT2D eigenvalue weighted by atomic mass is 9.98. The Morgan fingerprint density at radius 1 is 1.11 bits per heavy atom. The quantitative estimate of drug-likeness (QED) is 0.563. The van der Waals surface area contributed by atoms with Gasteiger partial charge in [-0.1, -0.05) is 31.5 Å². The van der Waals surface area contributed by atoms with Gasteiger partial charge < -0.3 is 14.7 Å². The fourth-order valence-electron chi connectivity index (χ4n) is 2.85. The van der Waals surface area contributed by atoms with E-state index in [1.807, 2.05) is 26.0 Å². The average molecular weight is 411 g/mol. The largest absolute Gasteiger partial charge is 0.474 e. The summed E-state index contributed by atoms with van der Waals surface area (Å²) in [6, 6.07) is 7.62. The zero-order valence-electron chi connectivity index (χ0n) is 15.2. The summed E-state index contributed by atoms with van der Waals surface area (Å²) < 4.78 is 43.8. The highest BCUT2D eigenvalue weighted by molar-refractivity contribution is 6.30. The highest BCUT2D eigenvalue weighted by Crippen LogP contribution is 2.31. The van der Waals surface area contributed by atoms with Gasteiger partial charge >= 0.3 is 6.18 Å². The molecule has 148 valence electrons. The summed E-state index contributed by atoms with van der Waals surface area (Å²) in [6.07, 6.45) is -2.32. The van der Waals surface area contributed by atoms with Crippen LogP contribution in [-0.2, 0) is 12.8 Å². The molecular formula is C20H18ClF3N2O2. The molecule has 3 rings (SSSR count). The van der Waals surface area contributed by atoms with Gasteiger partial charge in [0.2, 0.25) is 0 Å². The first kappa shape index (κ1) is 20.1. The summed E-state index contributed by atoms with van der Waals surface area (Å²) in [5.74, 6) is 0.468. The van der Waals surface area contributed by atoms with Crippen LogP contribution in [0.2, 0.25) is 5.02 Å². The van der Waals surface area contributed by atoms with Crippen molar-refractivity contribution in [2.24, 2.45) is 0 Å². The zero-order valence-corrected chi connectivity index (χ0v) is 15.9. The van der Waals surface area contributed by atoms with Crippen molar-refractivity contribution < 1.29 is 17.9 Å². The second-order valence-corrected chi connectivity index (χ2v) is 7.10. The fourth-order valence-corrected chi connectivity index (χ4v) is 3.03. The summed E-state index contributed by atoms with van der Waals surface area (Å²) in [7, 11) is 0. The summed E-state index contributed by atoms with van der Waals surface area (Å²) in [5, 5.41) is 0.634. The fraction of sp³-hybridized carbons (Fsp3) is 0.250. The number of benzene rings is 1. The molecule has 3 aromatic rings. The van der Waals surface area contributed by atoms with Gasteiger partial charge in [-0.3, -0.25) is 4.79 Å². The lowest BCUT2D eigenvalue weighted by Crippen LogP contribution is -2.08. The number of nitrogens with one attached hydrogen (secondary N) is 2. The van der Waals surface area contributed by atoms with Gasteiger partial charge in [0, 0.05) is 23.5 Å². The Balaban J connectivity index is 1.79. The van der Waals surface area contributed by atoms with Crippen LogP contribution in [-0.4, -0.2) is 9.97 Å². The zero-order chi connectivity index (χ0) is 20.5. The molecule has 2 N–H and O–H groups in total. The Kier molecular flexibility index (Phi) is 5.56. The first-order valence-electron chi connectivity index (χ1n) is 8.55. The molecule has 1 aromatic carbocycles. The summed E-state index contributed by atoms with van der Waals surface area (Å²) in [5.41, 5.74) is 0.855. The van der Waals surface area contributed by atoms with Crippen molar-refractivity contribution in [3.8, 4) is 17.1 Å². The Hall–Kier alpha value is -2.67. The lowest BCUT2D eigenvalue weighted by molar-refractivity contribution is -0.137. The molecule has 0 aliphatic rings. The molecule has 4 nitrogen and oxygen atoms in total. The molecule has 0 fully saturated rings. The Bertz CT molecular complexity index is 1040. The maximum absolute atomic E-state index is 12.7. The van der Waals surface area contributed by atoms with Gasteiger partial charge in [-0.2, -0.15) is 13.2 Å². The molecule has 8 heteroatoms. The first-order valence-corrected chi connectivity index (χ1v) is 8.93. The molecule has 0 saturated heterocycles. The van der Waals surface area contributed by atoms with Crippen molar-refractivity contribution in [2.45, 2.75) is 32.5 Å². The van der Waals surface area contributed by atoms with Gasteiger partial charge in [-0.15, -0.1) is 0 Å². The molecule has 0 atom stereocenters. The van der Waals surface area contributed by atoms with Crippen molar-refractivity contribution in [3.63, 3.8) is 0 Å². The number of rotatable bonds is 5. The Morgan fingerprint density at radius 3 is 2.46 bits per heavy atom. The average Bonchev–Trinajstić information content (AvgIpc) is 3.10. The van der Waals surface area contributed by atoms with E-state index in [-0.39, 0.29) is 29.7 Å². The predicted molar refractivity (Wildman–Crippen MR) is 102 cm³/mol. The molecule has 0 bridgehead atoms. The number of hydrogen-bond donors (Lipinski definition) is 2. The highest BCUT2D eigenvalue weighted by Gasteiger charge is 2.31. The number of hydrogen-bond acceptors (Lipinski definition) is 2. The maximum Gasteiger partial charge on any atom is 0.417 e. The Morgan fingerprint density at radius 2 is 1.86 bits per heavy atom. The van der Waals surface area contributed by atoms with Crippen molar-refractivity contribution in [1.29, 1.82) is 0 Å². The summed E-state index contributed by atoms with van der Waals surface area (Å²) in [4.78, 5) is 17.6. The second-order valence-electron chi connectivity index (χ2n) is 6.66. The number of ether oxygens (including phenoxy) is 1. The predicted octanol–water partition coefficient (Wildman–Crippen LogP) is 5.74. The Labute approximate surface area is 164 Å². The molecule has 0 unspecified atom stereocenters. The van der Waals surface area contributed by atoms with Crippen molar-refractivity contribution in [2.75, 3.05) is 0 Å². The molecule has 0 aliphatic heterocycles. The van der Waals surface area contributed by atoms with Crippen LogP contribution in [0.25, 0.3) is 11.3 Å². The number of aromatic nitrogens is 2. The minimum atomic E-state index is -4.47. The van der Waals surface area contributed by atoms with Crippen LogP contribution in [0.5, 0.6) is 5.88 Å². The topological polar surface area (TPSA) is 57.9 Å². The normalized spacial score (nSPS) is 11.8. The molecule has 2 heterocycles. The van der Waals surface area contributed by atoms with E-state index in [1.165, 1.54) is 12.3 Å². The van der Waals surface area contributed by atoms with Crippen LogP contribution < -0.4 is 10.2 Å². The van der Waals surface area contributed by atoms with E-state index in [0.717, 1.165) is 23.4 Å². The van der Waals surface area contributed by atoms with Gasteiger partial charge in [0.05, 0.1) is 16.8 Å². The van der Waals surface area contributed by atoms with Crippen LogP contribution >= 0.6 is 11.6 Å². The van der Waals surface area contributed by atoms with E-state index in [9.17, 15) is 18.0 Å². The number of aromatic amines is 2. The second kappa shape index (κ2) is 7.75. The number of pyridine rings is 1. The van der Waals surface area contributed by atoms with E-state index < -0.39 is 17.2 Å². The van der Waals surface area contributed by atoms with Crippen LogP contribution in [0.4, 0.5) is 13.2 Å². The third kappa shape index (κ3) is 4.42.